The van der Waals surface area contributed by atoms with Gasteiger partial charge in [-0.15, -0.1) is 0 Å². The lowest BCUT2D eigenvalue weighted by Crippen LogP contribution is -2.34. The molecule has 1 aromatic heterocycles. The van der Waals surface area contributed by atoms with Crippen molar-refractivity contribution < 1.29 is 4.92 Å². The zero-order chi connectivity index (χ0) is 13.8. The van der Waals surface area contributed by atoms with Crippen LogP contribution in [0.5, 0.6) is 0 Å². The van der Waals surface area contributed by atoms with Gasteiger partial charge in [-0.05, 0) is 12.8 Å². The molecule has 1 heterocycles. The first-order valence-corrected chi connectivity index (χ1v) is 6.47. The second-order valence-corrected chi connectivity index (χ2v) is 4.87. The Morgan fingerprint density at radius 3 is 2.68 bits per heavy atom. The van der Waals surface area contributed by atoms with Gasteiger partial charge in [-0.25, -0.2) is 10.8 Å². The molecule has 0 spiro atoms. The third-order valence-electron chi connectivity index (χ3n) is 3.64. The summed E-state index contributed by atoms with van der Waals surface area (Å²) in [5.41, 5.74) is 2.38. The van der Waals surface area contributed by atoms with Crippen molar-refractivity contribution in [3.05, 3.63) is 22.2 Å². The van der Waals surface area contributed by atoms with Gasteiger partial charge in [0.25, 0.3) is 5.69 Å². The van der Waals surface area contributed by atoms with Crippen molar-refractivity contribution in [2.24, 2.45) is 5.84 Å². The van der Waals surface area contributed by atoms with E-state index in [9.17, 15) is 10.1 Å². The van der Waals surface area contributed by atoms with Crippen molar-refractivity contribution in [2.75, 3.05) is 17.4 Å². The number of hydrogen-bond donors (Lipinski definition) is 2. The predicted octanol–water partition coefficient (Wildman–Crippen LogP) is 2.04. The molecule has 19 heavy (non-hydrogen) atoms. The predicted molar refractivity (Wildman–Crippen MR) is 74.0 cm³/mol. The molecule has 104 valence electrons. The van der Waals surface area contributed by atoms with Gasteiger partial charge in [-0.1, -0.05) is 19.3 Å². The van der Waals surface area contributed by atoms with Crippen molar-refractivity contribution in [1.82, 2.24) is 4.98 Å². The van der Waals surface area contributed by atoms with Gasteiger partial charge in [0.15, 0.2) is 0 Å². The molecule has 1 saturated carbocycles. The Bertz CT molecular complexity index is 459. The van der Waals surface area contributed by atoms with Crippen LogP contribution in [0, 0.1) is 10.1 Å². The van der Waals surface area contributed by atoms with Crippen LogP contribution in [0.2, 0.25) is 0 Å². The van der Waals surface area contributed by atoms with Gasteiger partial charge in [0, 0.05) is 13.1 Å². The lowest BCUT2D eigenvalue weighted by Gasteiger charge is -2.32. The first kappa shape index (κ1) is 13.5. The lowest BCUT2D eigenvalue weighted by molar-refractivity contribution is -0.384. The Labute approximate surface area is 111 Å². The van der Waals surface area contributed by atoms with Crippen LogP contribution in [-0.2, 0) is 0 Å². The highest BCUT2D eigenvalue weighted by atomic mass is 16.6. The summed E-state index contributed by atoms with van der Waals surface area (Å²) in [7, 11) is 1.93. The highest BCUT2D eigenvalue weighted by Crippen LogP contribution is 2.28. The molecule has 0 atom stereocenters. The number of nitrogens with one attached hydrogen (secondary N) is 1. The molecule has 7 nitrogen and oxygen atoms in total. The fraction of sp³-hybridized carbons (Fsp3) is 0.583. The minimum atomic E-state index is -0.430. The zero-order valence-corrected chi connectivity index (χ0v) is 11.0. The van der Waals surface area contributed by atoms with Gasteiger partial charge in [0.1, 0.15) is 11.6 Å². The lowest BCUT2D eigenvalue weighted by atomic mass is 9.94. The Hall–Kier alpha value is -1.89. The first-order chi connectivity index (χ1) is 9.11. The monoisotopic (exact) mass is 265 g/mol. The van der Waals surface area contributed by atoms with Crippen LogP contribution in [0.15, 0.2) is 12.1 Å². The highest BCUT2D eigenvalue weighted by Gasteiger charge is 2.21. The van der Waals surface area contributed by atoms with Crippen LogP contribution < -0.4 is 16.2 Å². The number of hydrazine groups is 1. The largest absolute Gasteiger partial charge is 0.356 e. The second kappa shape index (κ2) is 5.83. The number of nitrogen functional groups attached to an aromatic ring is 1. The summed E-state index contributed by atoms with van der Waals surface area (Å²) in [6.07, 6.45) is 5.87. The summed E-state index contributed by atoms with van der Waals surface area (Å²) >= 11 is 0. The quantitative estimate of drug-likeness (QED) is 0.491. The number of nitro groups is 1. The van der Waals surface area contributed by atoms with E-state index in [0.717, 1.165) is 12.8 Å². The number of nitrogens with zero attached hydrogens (tertiary/aromatic N) is 3. The Morgan fingerprint density at radius 2 is 2.11 bits per heavy atom. The molecule has 1 aliphatic carbocycles. The Morgan fingerprint density at radius 1 is 1.42 bits per heavy atom. The van der Waals surface area contributed by atoms with E-state index in [1.807, 2.05) is 11.9 Å². The third-order valence-corrected chi connectivity index (χ3v) is 3.64. The second-order valence-electron chi connectivity index (χ2n) is 4.87. The number of nitrogens with two attached hydrogens (primary N) is 1. The fourth-order valence-corrected chi connectivity index (χ4v) is 2.52. The standard InChI is InChI=1S/C12H19N5O2/c1-16(9-5-3-2-4-6-9)12-8-10(17(18)19)7-11(14-12)15-13/h7-9H,2-6,13H2,1H3,(H,14,15). The summed E-state index contributed by atoms with van der Waals surface area (Å²) in [5, 5.41) is 10.9. The molecule has 7 heteroatoms. The van der Waals surface area contributed by atoms with Gasteiger partial charge in [-0.2, -0.15) is 0 Å². The summed E-state index contributed by atoms with van der Waals surface area (Å²) in [6, 6.07) is 3.22. The van der Waals surface area contributed by atoms with Gasteiger partial charge in [0.2, 0.25) is 0 Å². The van der Waals surface area contributed by atoms with E-state index in [1.54, 1.807) is 0 Å². The molecule has 1 fully saturated rings. The van der Waals surface area contributed by atoms with Crippen LogP contribution in [0.3, 0.4) is 0 Å². The van der Waals surface area contributed by atoms with Crippen LogP contribution in [-0.4, -0.2) is 23.0 Å². The van der Waals surface area contributed by atoms with Crippen molar-refractivity contribution in [1.29, 1.82) is 0 Å². The molecule has 0 aliphatic heterocycles. The van der Waals surface area contributed by atoms with E-state index in [-0.39, 0.29) is 5.69 Å². The SMILES string of the molecule is CN(c1cc([N+](=O)[O-])cc(NN)n1)C1CCCCC1. The van der Waals surface area contributed by atoms with Gasteiger partial charge in [0.05, 0.1) is 17.1 Å². The number of rotatable bonds is 4. The molecule has 0 saturated heterocycles. The van der Waals surface area contributed by atoms with Crippen molar-refractivity contribution in [2.45, 2.75) is 38.1 Å². The summed E-state index contributed by atoms with van der Waals surface area (Å²) in [4.78, 5) is 16.8. The van der Waals surface area contributed by atoms with Crippen molar-refractivity contribution in [3.8, 4) is 0 Å². The molecule has 0 unspecified atom stereocenters. The number of anilines is 2. The summed E-state index contributed by atoms with van der Waals surface area (Å²) in [6.45, 7) is 0. The molecule has 0 radical (unpaired) electrons. The van der Waals surface area contributed by atoms with Crippen LogP contribution >= 0.6 is 0 Å². The number of hydrogen-bond acceptors (Lipinski definition) is 6. The maximum Gasteiger partial charge on any atom is 0.276 e. The smallest absolute Gasteiger partial charge is 0.276 e. The van der Waals surface area contributed by atoms with E-state index in [2.05, 4.69) is 10.4 Å². The van der Waals surface area contributed by atoms with E-state index < -0.39 is 4.92 Å². The molecular formula is C12H19N5O2. The molecule has 0 amide bonds. The van der Waals surface area contributed by atoms with Gasteiger partial charge in [-0.3, -0.25) is 10.1 Å². The minimum absolute atomic E-state index is 0.000564. The molecule has 3 N–H and O–H groups in total. The van der Waals surface area contributed by atoms with Crippen LogP contribution in [0.1, 0.15) is 32.1 Å². The van der Waals surface area contributed by atoms with E-state index in [0.29, 0.717) is 17.7 Å². The normalized spacial score (nSPS) is 16.1. The maximum absolute atomic E-state index is 10.9. The average Bonchev–Trinajstić information content (AvgIpc) is 2.46. The molecule has 1 aromatic rings. The molecular weight excluding hydrogens is 246 g/mol. The number of pyridine rings is 1. The first-order valence-electron chi connectivity index (χ1n) is 6.47. The minimum Gasteiger partial charge on any atom is -0.356 e. The topological polar surface area (TPSA) is 97.3 Å². The number of aromatic nitrogens is 1. The fourth-order valence-electron chi connectivity index (χ4n) is 2.52. The maximum atomic E-state index is 10.9. The van der Waals surface area contributed by atoms with Crippen molar-refractivity contribution in [3.63, 3.8) is 0 Å². The highest BCUT2D eigenvalue weighted by molar-refractivity contribution is 5.55. The van der Waals surface area contributed by atoms with Gasteiger partial charge < -0.3 is 10.3 Å². The van der Waals surface area contributed by atoms with Crippen LogP contribution in [0.25, 0.3) is 0 Å². The molecule has 1 aliphatic rings. The average molecular weight is 265 g/mol. The molecule has 0 aromatic carbocycles. The Kier molecular flexibility index (Phi) is 4.16. The third kappa shape index (κ3) is 3.11. The molecule has 0 bridgehead atoms. The van der Waals surface area contributed by atoms with E-state index >= 15 is 0 Å². The van der Waals surface area contributed by atoms with Crippen LogP contribution in [0.4, 0.5) is 17.3 Å². The van der Waals surface area contributed by atoms with Gasteiger partial charge >= 0.3 is 0 Å². The van der Waals surface area contributed by atoms with E-state index in [4.69, 9.17) is 5.84 Å². The summed E-state index contributed by atoms with van der Waals surface area (Å²) < 4.78 is 0. The summed E-state index contributed by atoms with van der Waals surface area (Å²) in [5.74, 6) is 6.22. The molecule has 2 rings (SSSR count). The van der Waals surface area contributed by atoms with E-state index in [1.165, 1.54) is 31.4 Å². The van der Waals surface area contributed by atoms with Crippen molar-refractivity contribution >= 4 is 17.3 Å². The Balaban J connectivity index is 2.26. The zero-order valence-electron chi connectivity index (χ0n) is 11.0.